The molecule has 0 saturated heterocycles. The molecule has 0 aliphatic rings. The summed E-state index contributed by atoms with van der Waals surface area (Å²) in [5.41, 5.74) is 2.64. The number of hydrogen-bond acceptors (Lipinski definition) is 7. The number of pyridine rings is 1. The average molecular weight is 517 g/mol. The number of aryl methyl sites for hydroxylation is 1. The molecule has 5 rings (SSSR count). The van der Waals surface area contributed by atoms with E-state index in [-0.39, 0.29) is 5.69 Å². The van der Waals surface area contributed by atoms with Gasteiger partial charge in [-0.25, -0.2) is 9.97 Å². The number of aromatic nitrogens is 5. The highest BCUT2D eigenvalue weighted by Gasteiger charge is 2.30. The lowest BCUT2D eigenvalue weighted by atomic mass is 10.1. The molecule has 192 valence electrons. The Morgan fingerprint density at radius 3 is 2.39 bits per heavy atom. The topological polar surface area (TPSA) is 92.6 Å². The van der Waals surface area contributed by atoms with Crippen LogP contribution in [0.1, 0.15) is 11.1 Å². The van der Waals surface area contributed by atoms with Crippen LogP contribution in [0, 0.1) is 0 Å². The lowest BCUT2D eigenvalue weighted by Gasteiger charge is -2.15. The molecule has 2 aromatic carbocycles. The first-order valence-corrected chi connectivity index (χ1v) is 11.6. The van der Waals surface area contributed by atoms with Crippen molar-refractivity contribution >= 4 is 28.2 Å². The van der Waals surface area contributed by atoms with Crippen LogP contribution in [0.2, 0.25) is 0 Å². The van der Waals surface area contributed by atoms with Gasteiger partial charge in [-0.05, 0) is 48.0 Å². The molecule has 5 aromatic rings. The Morgan fingerprint density at radius 1 is 0.947 bits per heavy atom. The molecule has 0 aliphatic heterocycles. The van der Waals surface area contributed by atoms with Gasteiger partial charge < -0.3 is 16.0 Å². The fraction of sp³-hybridized carbons (Fsp3) is 0.111. The van der Waals surface area contributed by atoms with Crippen LogP contribution < -0.4 is 16.0 Å². The summed E-state index contributed by atoms with van der Waals surface area (Å²) in [7, 11) is 1.81. The molecule has 0 atom stereocenters. The Kier molecular flexibility index (Phi) is 6.65. The van der Waals surface area contributed by atoms with E-state index in [1.807, 2.05) is 43.4 Å². The summed E-state index contributed by atoms with van der Waals surface area (Å²) in [6.45, 7) is 4.44. The van der Waals surface area contributed by atoms with Gasteiger partial charge >= 0.3 is 6.18 Å². The first kappa shape index (κ1) is 24.8. The summed E-state index contributed by atoms with van der Waals surface area (Å²) >= 11 is 0. The Balaban J connectivity index is 1.37. The van der Waals surface area contributed by atoms with Crippen molar-refractivity contribution in [2.45, 2.75) is 12.7 Å². The van der Waals surface area contributed by atoms with E-state index in [0.717, 1.165) is 28.6 Å². The molecule has 0 saturated carbocycles. The van der Waals surface area contributed by atoms with Crippen molar-refractivity contribution in [3.63, 3.8) is 0 Å². The maximum Gasteiger partial charge on any atom is 0.416 e. The average Bonchev–Trinajstić information content (AvgIpc) is 3.28. The van der Waals surface area contributed by atoms with Crippen LogP contribution in [-0.4, -0.2) is 24.7 Å². The number of anilines is 3. The van der Waals surface area contributed by atoms with E-state index < -0.39 is 11.7 Å². The highest BCUT2D eigenvalue weighted by molar-refractivity contribution is 5.88. The number of alkyl halides is 3. The zero-order chi connectivity index (χ0) is 26.7. The zero-order valence-corrected chi connectivity index (χ0v) is 20.3. The third kappa shape index (κ3) is 5.56. The molecule has 0 spiro atoms. The van der Waals surface area contributed by atoms with Gasteiger partial charge in [-0.1, -0.05) is 24.8 Å². The number of rotatable bonds is 8. The van der Waals surface area contributed by atoms with Gasteiger partial charge in [-0.15, -0.1) is 0 Å². The number of fused-ring (bicyclic) bond motifs is 1. The van der Waals surface area contributed by atoms with Crippen LogP contribution in [0.15, 0.2) is 91.7 Å². The van der Waals surface area contributed by atoms with Crippen LogP contribution in [-0.2, 0) is 19.8 Å². The monoisotopic (exact) mass is 516 g/mol. The van der Waals surface area contributed by atoms with Crippen LogP contribution in [0.3, 0.4) is 0 Å². The molecule has 0 unspecified atom stereocenters. The van der Waals surface area contributed by atoms with E-state index in [9.17, 15) is 13.2 Å². The fourth-order valence-corrected chi connectivity index (χ4v) is 3.86. The summed E-state index contributed by atoms with van der Waals surface area (Å²) in [5, 5.41) is 14.4. The quantitative estimate of drug-likeness (QED) is 0.231. The van der Waals surface area contributed by atoms with Gasteiger partial charge in [0, 0.05) is 42.9 Å². The van der Waals surface area contributed by atoms with Crippen LogP contribution in [0.25, 0.3) is 22.4 Å². The number of nitrogens with zero attached hydrogens (tertiary/aromatic N) is 5. The van der Waals surface area contributed by atoms with Crippen LogP contribution in [0.4, 0.5) is 30.4 Å². The second kappa shape index (κ2) is 10.2. The first-order valence-electron chi connectivity index (χ1n) is 11.6. The minimum atomic E-state index is -4.43. The first-order chi connectivity index (χ1) is 18.3. The van der Waals surface area contributed by atoms with E-state index in [0.29, 0.717) is 35.3 Å². The number of hydrogen-bond donors (Lipinski definition) is 3. The van der Waals surface area contributed by atoms with Gasteiger partial charge in [0.2, 0.25) is 0 Å². The van der Waals surface area contributed by atoms with E-state index in [1.165, 1.54) is 12.1 Å². The summed E-state index contributed by atoms with van der Waals surface area (Å²) in [6.07, 6.45) is 0.754. The third-order valence-corrected chi connectivity index (χ3v) is 5.70. The Hall–Kier alpha value is -4.93. The molecule has 38 heavy (non-hydrogen) atoms. The fourth-order valence-electron chi connectivity index (χ4n) is 3.86. The summed E-state index contributed by atoms with van der Waals surface area (Å²) in [4.78, 5) is 13.5. The molecule has 11 heteroatoms. The molecule has 0 aliphatic carbocycles. The predicted molar refractivity (Wildman–Crippen MR) is 141 cm³/mol. The second-order valence-electron chi connectivity index (χ2n) is 8.50. The van der Waals surface area contributed by atoms with Gasteiger partial charge in [0.05, 0.1) is 17.1 Å². The van der Waals surface area contributed by atoms with E-state index in [1.54, 1.807) is 23.3 Å². The number of nitrogens with one attached hydrogen (secondary N) is 3. The molecule has 0 amide bonds. The highest BCUT2D eigenvalue weighted by Crippen LogP contribution is 2.31. The van der Waals surface area contributed by atoms with E-state index >= 15 is 0 Å². The second-order valence-corrected chi connectivity index (χ2v) is 8.50. The lowest BCUT2D eigenvalue weighted by molar-refractivity contribution is -0.137. The minimum absolute atomic E-state index is 0.267. The van der Waals surface area contributed by atoms with Crippen molar-refractivity contribution in [3.8, 4) is 11.4 Å². The molecule has 8 nitrogen and oxygen atoms in total. The van der Waals surface area contributed by atoms with Crippen molar-refractivity contribution in [1.82, 2.24) is 24.7 Å². The third-order valence-electron chi connectivity index (χ3n) is 5.70. The van der Waals surface area contributed by atoms with Crippen molar-refractivity contribution in [2.24, 2.45) is 7.05 Å². The number of halogens is 3. The Bertz CT molecular complexity index is 1600. The van der Waals surface area contributed by atoms with Gasteiger partial charge in [-0.2, -0.15) is 18.3 Å². The van der Waals surface area contributed by atoms with Gasteiger partial charge in [0.15, 0.2) is 11.5 Å². The normalized spacial score (nSPS) is 11.4. The van der Waals surface area contributed by atoms with Crippen molar-refractivity contribution in [2.75, 3.05) is 16.0 Å². The maximum atomic E-state index is 13.0. The SMILES string of the molecule is C=C(Nc1cccc(-c2nc(NCc3ccncc3)c3cnn(C)c3n2)c1)Nc1cccc(C(F)(F)F)c1. The molecule has 3 N–H and O–H groups in total. The van der Waals surface area contributed by atoms with Crippen molar-refractivity contribution < 1.29 is 13.2 Å². The lowest BCUT2D eigenvalue weighted by Crippen LogP contribution is -2.10. The predicted octanol–water partition coefficient (Wildman–Crippen LogP) is 6.05. The molecule has 3 aromatic heterocycles. The van der Waals surface area contributed by atoms with Crippen molar-refractivity contribution in [3.05, 3.63) is 103 Å². The standard InChI is InChI=1S/C27H23F3N8/c1-17(35-22-8-4-6-20(14-22)27(28,29)30)34-21-7-3-5-19(13-21)24-36-25(23-16-33-38(2)26(23)37-24)32-15-18-9-11-31-12-10-18/h3-14,16,34-35H,1,15H2,2H3,(H,32,36,37). The summed E-state index contributed by atoms with van der Waals surface area (Å²) in [5.74, 6) is 1.44. The molecular weight excluding hydrogens is 493 g/mol. The van der Waals surface area contributed by atoms with Gasteiger partial charge in [0.1, 0.15) is 11.6 Å². The van der Waals surface area contributed by atoms with E-state index in [2.05, 4.69) is 32.6 Å². The Labute approximate surface area is 216 Å². The largest absolute Gasteiger partial charge is 0.416 e. The summed E-state index contributed by atoms with van der Waals surface area (Å²) < 4.78 is 40.8. The van der Waals surface area contributed by atoms with Crippen LogP contribution >= 0.6 is 0 Å². The molecule has 0 bridgehead atoms. The van der Waals surface area contributed by atoms with E-state index in [4.69, 9.17) is 9.97 Å². The molecule has 0 fully saturated rings. The maximum absolute atomic E-state index is 13.0. The van der Waals surface area contributed by atoms with Crippen LogP contribution in [0.5, 0.6) is 0 Å². The smallest absolute Gasteiger partial charge is 0.365 e. The molecule has 3 heterocycles. The summed E-state index contributed by atoms with van der Waals surface area (Å²) in [6, 6.07) is 16.1. The zero-order valence-electron chi connectivity index (χ0n) is 20.3. The molecule has 0 radical (unpaired) electrons. The minimum Gasteiger partial charge on any atom is -0.365 e. The number of benzene rings is 2. The van der Waals surface area contributed by atoms with Gasteiger partial charge in [-0.3, -0.25) is 9.67 Å². The molecular formula is C27H23F3N8. The van der Waals surface area contributed by atoms with Gasteiger partial charge in [0.25, 0.3) is 0 Å². The highest BCUT2D eigenvalue weighted by atomic mass is 19.4. The Morgan fingerprint density at radius 2 is 1.66 bits per heavy atom. The van der Waals surface area contributed by atoms with Crippen molar-refractivity contribution in [1.29, 1.82) is 0 Å².